The van der Waals surface area contributed by atoms with Gasteiger partial charge in [0.25, 0.3) is 0 Å². The summed E-state index contributed by atoms with van der Waals surface area (Å²) in [6.45, 7) is 6.18. The van der Waals surface area contributed by atoms with Gasteiger partial charge in [-0.05, 0) is 55.1 Å². The van der Waals surface area contributed by atoms with E-state index in [1.165, 1.54) is 0 Å². The Bertz CT molecular complexity index is 930. The SMILES string of the molecule is CCN.OC(CN(Cc1ccccn1)Cc1ccccn1)CN(Cc1ccccn1)Cc1ccccn1. The summed E-state index contributed by atoms with van der Waals surface area (Å²) in [5.74, 6) is 0. The fourth-order valence-electron chi connectivity index (χ4n) is 3.91. The van der Waals surface area contributed by atoms with Crippen LogP contribution >= 0.6 is 0 Å². The lowest BCUT2D eigenvalue weighted by Gasteiger charge is -2.29. The minimum atomic E-state index is -0.570. The molecule has 0 amide bonds. The normalized spacial score (nSPS) is 11.0. The molecule has 0 aliphatic carbocycles. The molecule has 0 saturated carbocycles. The molecule has 4 rings (SSSR count). The quantitative estimate of drug-likeness (QED) is 0.306. The number of nitrogens with two attached hydrogens (primary N) is 1. The molecule has 0 radical (unpaired) electrons. The van der Waals surface area contributed by atoms with E-state index < -0.39 is 6.10 Å². The first kappa shape index (κ1) is 28.0. The summed E-state index contributed by atoms with van der Waals surface area (Å²) in [6, 6.07) is 23.6. The molecule has 8 nitrogen and oxygen atoms in total. The van der Waals surface area contributed by atoms with Crippen LogP contribution in [-0.2, 0) is 26.2 Å². The summed E-state index contributed by atoms with van der Waals surface area (Å²) < 4.78 is 0. The zero-order chi connectivity index (χ0) is 26.1. The van der Waals surface area contributed by atoms with E-state index >= 15 is 0 Å². The lowest BCUT2D eigenvalue weighted by Crippen LogP contribution is -2.40. The van der Waals surface area contributed by atoms with Gasteiger partial charge in [-0.25, -0.2) is 0 Å². The van der Waals surface area contributed by atoms with E-state index in [0.717, 1.165) is 29.3 Å². The largest absolute Gasteiger partial charge is 0.390 e. The van der Waals surface area contributed by atoms with Gasteiger partial charge in [-0.15, -0.1) is 0 Å². The second-order valence-electron chi connectivity index (χ2n) is 8.69. The van der Waals surface area contributed by atoms with Gasteiger partial charge in [0.05, 0.1) is 28.9 Å². The van der Waals surface area contributed by atoms with E-state index in [4.69, 9.17) is 5.73 Å². The molecular weight excluding hydrogens is 462 g/mol. The first-order valence-corrected chi connectivity index (χ1v) is 12.6. The van der Waals surface area contributed by atoms with Crippen molar-refractivity contribution in [2.75, 3.05) is 19.6 Å². The highest BCUT2D eigenvalue weighted by Gasteiger charge is 2.18. The second-order valence-corrected chi connectivity index (χ2v) is 8.69. The highest BCUT2D eigenvalue weighted by molar-refractivity contribution is 5.08. The Labute approximate surface area is 219 Å². The summed E-state index contributed by atoms with van der Waals surface area (Å²) in [6.07, 6.45) is 6.62. The summed E-state index contributed by atoms with van der Waals surface area (Å²) >= 11 is 0. The van der Waals surface area contributed by atoms with Crippen molar-refractivity contribution >= 4 is 0 Å². The third kappa shape index (κ3) is 10.9. The van der Waals surface area contributed by atoms with Gasteiger partial charge in [-0.2, -0.15) is 0 Å². The molecule has 8 heteroatoms. The Morgan fingerprint density at radius 2 is 0.865 bits per heavy atom. The van der Waals surface area contributed by atoms with Crippen LogP contribution in [-0.4, -0.2) is 60.6 Å². The molecule has 0 aromatic carbocycles. The number of rotatable bonds is 12. The molecule has 0 fully saturated rings. The molecule has 3 N–H and O–H groups in total. The maximum Gasteiger partial charge on any atom is 0.0794 e. The molecule has 0 saturated heterocycles. The van der Waals surface area contributed by atoms with Gasteiger partial charge in [0, 0.05) is 64.1 Å². The first-order valence-electron chi connectivity index (χ1n) is 12.6. The number of nitrogens with zero attached hydrogens (tertiary/aromatic N) is 6. The van der Waals surface area contributed by atoms with Crippen molar-refractivity contribution in [2.45, 2.75) is 39.2 Å². The number of pyridine rings is 4. The number of hydrogen-bond acceptors (Lipinski definition) is 8. The fraction of sp³-hybridized carbons (Fsp3) is 0.310. The molecule has 37 heavy (non-hydrogen) atoms. The van der Waals surface area contributed by atoms with Crippen molar-refractivity contribution < 1.29 is 5.11 Å². The van der Waals surface area contributed by atoms with Gasteiger partial charge in [0.2, 0.25) is 0 Å². The van der Waals surface area contributed by atoms with Crippen molar-refractivity contribution in [2.24, 2.45) is 5.73 Å². The summed E-state index contributed by atoms with van der Waals surface area (Å²) in [4.78, 5) is 22.3. The summed E-state index contributed by atoms with van der Waals surface area (Å²) in [7, 11) is 0. The maximum atomic E-state index is 11.1. The monoisotopic (exact) mass is 499 g/mol. The van der Waals surface area contributed by atoms with Crippen molar-refractivity contribution in [1.29, 1.82) is 0 Å². The van der Waals surface area contributed by atoms with E-state index in [0.29, 0.717) is 39.3 Å². The Hall–Kier alpha value is -3.56. The molecular formula is C29H37N7O. The summed E-state index contributed by atoms with van der Waals surface area (Å²) in [5.41, 5.74) is 8.70. The smallest absolute Gasteiger partial charge is 0.0794 e. The van der Waals surface area contributed by atoms with Crippen LogP contribution in [0.5, 0.6) is 0 Å². The standard InChI is InChI=1S/C27H30N6O.C2H7N/c34-27(21-32(17-23-9-1-5-13-28-23)18-24-10-2-6-14-29-24)22-33(19-25-11-3-7-15-30-25)20-26-12-4-8-16-31-26;1-2-3/h1-16,27,34H,17-22H2;2-3H2,1H3. The number of aliphatic hydroxyl groups is 1. The Morgan fingerprint density at radius 3 is 1.08 bits per heavy atom. The maximum absolute atomic E-state index is 11.1. The van der Waals surface area contributed by atoms with Crippen LogP contribution in [0.25, 0.3) is 0 Å². The van der Waals surface area contributed by atoms with Crippen LogP contribution in [0.2, 0.25) is 0 Å². The van der Waals surface area contributed by atoms with Gasteiger partial charge in [0.1, 0.15) is 0 Å². The topological polar surface area (TPSA) is 104 Å². The third-order valence-electron chi connectivity index (χ3n) is 5.38. The van der Waals surface area contributed by atoms with Crippen LogP contribution in [0.15, 0.2) is 97.6 Å². The van der Waals surface area contributed by atoms with Gasteiger partial charge < -0.3 is 10.8 Å². The van der Waals surface area contributed by atoms with E-state index in [9.17, 15) is 5.11 Å². The van der Waals surface area contributed by atoms with Crippen molar-refractivity contribution in [3.05, 3.63) is 120 Å². The predicted octanol–water partition coefficient (Wildman–Crippen LogP) is 3.30. The van der Waals surface area contributed by atoms with E-state index in [1.54, 1.807) is 24.8 Å². The first-order chi connectivity index (χ1) is 18.2. The fourth-order valence-corrected chi connectivity index (χ4v) is 3.91. The van der Waals surface area contributed by atoms with Crippen LogP contribution in [0.1, 0.15) is 29.7 Å². The van der Waals surface area contributed by atoms with Crippen LogP contribution in [0.4, 0.5) is 0 Å². The van der Waals surface area contributed by atoms with E-state index in [-0.39, 0.29) is 0 Å². The molecule has 0 unspecified atom stereocenters. The number of aromatic nitrogens is 4. The lowest BCUT2D eigenvalue weighted by molar-refractivity contribution is 0.0615. The summed E-state index contributed by atoms with van der Waals surface area (Å²) in [5, 5.41) is 11.1. The van der Waals surface area contributed by atoms with E-state index in [1.807, 2.05) is 79.7 Å². The molecule has 0 atom stereocenters. The van der Waals surface area contributed by atoms with E-state index in [2.05, 4.69) is 29.7 Å². The van der Waals surface area contributed by atoms with Gasteiger partial charge in [-0.3, -0.25) is 29.7 Å². The molecule has 4 aromatic heterocycles. The lowest BCUT2D eigenvalue weighted by atomic mass is 10.2. The van der Waals surface area contributed by atoms with Crippen LogP contribution < -0.4 is 5.73 Å². The second kappa shape index (κ2) is 16.2. The van der Waals surface area contributed by atoms with Gasteiger partial charge in [0.15, 0.2) is 0 Å². The molecule has 194 valence electrons. The number of aliphatic hydroxyl groups excluding tert-OH is 1. The molecule has 0 bridgehead atoms. The molecule has 0 aliphatic rings. The highest BCUT2D eigenvalue weighted by Crippen LogP contribution is 2.11. The van der Waals surface area contributed by atoms with Crippen molar-refractivity contribution in [1.82, 2.24) is 29.7 Å². The average Bonchev–Trinajstić information content (AvgIpc) is 2.91. The molecule has 0 spiro atoms. The zero-order valence-electron chi connectivity index (χ0n) is 21.5. The van der Waals surface area contributed by atoms with Crippen molar-refractivity contribution in [3.63, 3.8) is 0 Å². The minimum Gasteiger partial charge on any atom is -0.390 e. The van der Waals surface area contributed by atoms with Crippen molar-refractivity contribution in [3.8, 4) is 0 Å². The Balaban J connectivity index is 0.00000121. The van der Waals surface area contributed by atoms with Crippen LogP contribution in [0, 0.1) is 0 Å². The third-order valence-corrected chi connectivity index (χ3v) is 5.38. The van der Waals surface area contributed by atoms with Crippen LogP contribution in [0.3, 0.4) is 0 Å². The van der Waals surface area contributed by atoms with Gasteiger partial charge in [-0.1, -0.05) is 31.2 Å². The molecule has 4 aromatic rings. The molecule has 0 aliphatic heterocycles. The zero-order valence-corrected chi connectivity index (χ0v) is 21.5. The Kier molecular flexibility index (Phi) is 12.3. The highest BCUT2D eigenvalue weighted by atomic mass is 16.3. The van der Waals surface area contributed by atoms with Gasteiger partial charge >= 0.3 is 0 Å². The average molecular weight is 500 g/mol. The number of hydrogen-bond donors (Lipinski definition) is 2. The Morgan fingerprint density at radius 1 is 0.595 bits per heavy atom. The minimum absolute atomic E-state index is 0.494. The predicted molar refractivity (Wildman–Crippen MR) is 146 cm³/mol. The molecule has 4 heterocycles.